The quantitative estimate of drug-likeness (QED) is 0.0587. The zero-order chi connectivity index (χ0) is 40.5. The Hall–Kier alpha value is -0.790. The van der Waals surface area contributed by atoms with Crippen LogP contribution in [0, 0.1) is 50.2 Å². The molecule has 8 atom stereocenters. The molecule has 5 rings (SSSR count). The van der Waals surface area contributed by atoms with Crippen molar-refractivity contribution in [1.29, 1.82) is 0 Å². The van der Waals surface area contributed by atoms with E-state index in [2.05, 4.69) is 68.4 Å². The molecule has 0 heterocycles. The molecule has 0 saturated heterocycles. The van der Waals surface area contributed by atoms with Gasteiger partial charge in [-0.15, -0.1) is 0 Å². The van der Waals surface area contributed by atoms with Crippen molar-refractivity contribution in [2.24, 2.45) is 50.2 Å². The van der Waals surface area contributed by atoms with Gasteiger partial charge in [0.15, 0.2) is 0 Å². The lowest BCUT2D eigenvalue weighted by atomic mass is 9.33. The lowest BCUT2D eigenvalue weighted by Crippen LogP contribution is -2.64. The summed E-state index contributed by atoms with van der Waals surface area (Å²) in [5.41, 5.74) is 3.86. The van der Waals surface area contributed by atoms with Gasteiger partial charge < -0.3 is 4.74 Å². The number of esters is 1. The van der Waals surface area contributed by atoms with Gasteiger partial charge in [0.1, 0.15) is 6.10 Å². The number of fused-ring (bicyclic) bond motifs is 7. The fourth-order valence-corrected chi connectivity index (χ4v) is 14.6. The topological polar surface area (TPSA) is 26.3 Å². The monoisotopic (exact) mass is 777 g/mol. The van der Waals surface area contributed by atoms with E-state index in [4.69, 9.17) is 4.74 Å². The molecule has 0 aromatic rings. The van der Waals surface area contributed by atoms with Gasteiger partial charge in [-0.05, 0) is 115 Å². The van der Waals surface area contributed by atoms with Gasteiger partial charge in [-0.1, -0.05) is 202 Å². The van der Waals surface area contributed by atoms with Gasteiger partial charge in [0.05, 0.1) is 0 Å². The summed E-state index contributed by atoms with van der Waals surface area (Å²) in [4.78, 5) is 13.3. The van der Waals surface area contributed by atoms with E-state index in [9.17, 15) is 4.79 Å². The van der Waals surface area contributed by atoms with Crippen molar-refractivity contribution in [3.05, 3.63) is 11.6 Å². The molecule has 0 amide bonds. The predicted molar refractivity (Wildman–Crippen MR) is 242 cm³/mol. The first-order valence-corrected chi connectivity index (χ1v) is 25.5. The molecule has 8 unspecified atom stereocenters. The molecule has 4 fully saturated rings. The Bertz CT molecular complexity index is 1240. The number of rotatable bonds is 23. The summed E-state index contributed by atoms with van der Waals surface area (Å²) in [7, 11) is 0. The van der Waals surface area contributed by atoms with E-state index in [0.717, 1.165) is 24.7 Å². The zero-order valence-corrected chi connectivity index (χ0v) is 39.3. The highest BCUT2D eigenvalue weighted by Gasteiger charge is 2.68. The van der Waals surface area contributed by atoms with E-state index in [-0.39, 0.29) is 17.5 Å². The largest absolute Gasteiger partial charge is 0.462 e. The Labute approximate surface area is 350 Å². The zero-order valence-electron chi connectivity index (χ0n) is 39.3. The highest BCUT2D eigenvalue weighted by atomic mass is 16.5. The highest BCUT2D eigenvalue weighted by molar-refractivity contribution is 5.69. The second-order valence-corrected chi connectivity index (χ2v) is 23.5. The molecule has 5 aliphatic rings. The van der Waals surface area contributed by atoms with Gasteiger partial charge in [0, 0.05) is 11.8 Å². The highest BCUT2D eigenvalue weighted by Crippen LogP contribution is 2.75. The SMILES string of the molecule is CCCCCCCCCCCCCCCCCCCCCCCC(=O)OC1CCC2(C)C(CCC3(C)C2CC=C2C4CC(C)(C)CCC4(C)CCC23C)C1(C)C. The van der Waals surface area contributed by atoms with Gasteiger partial charge >= 0.3 is 5.97 Å². The van der Waals surface area contributed by atoms with Crippen molar-refractivity contribution in [3.8, 4) is 0 Å². The second-order valence-electron chi connectivity index (χ2n) is 23.5. The van der Waals surface area contributed by atoms with Crippen LogP contribution in [-0.2, 0) is 9.53 Å². The molecular weight excluding hydrogens is 681 g/mol. The lowest BCUT2D eigenvalue weighted by molar-refractivity contribution is -0.212. The molecule has 2 nitrogen and oxygen atoms in total. The molecule has 0 aromatic heterocycles. The number of carbonyl (C=O) groups excluding carboxylic acids is 1. The van der Waals surface area contributed by atoms with Crippen LogP contribution in [0.5, 0.6) is 0 Å². The van der Waals surface area contributed by atoms with Crippen molar-refractivity contribution in [2.45, 2.75) is 274 Å². The molecule has 0 bridgehead atoms. The van der Waals surface area contributed by atoms with Crippen LogP contribution in [-0.4, -0.2) is 12.1 Å². The smallest absolute Gasteiger partial charge is 0.306 e. The van der Waals surface area contributed by atoms with Crippen LogP contribution in [0.4, 0.5) is 0 Å². The minimum atomic E-state index is 0.0281. The first-order chi connectivity index (χ1) is 26.6. The van der Waals surface area contributed by atoms with E-state index in [1.807, 2.05) is 5.57 Å². The number of ether oxygens (including phenoxy) is 1. The third kappa shape index (κ3) is 10.6. The summed E-state index contributed by atoms with van der Waals surface area (Å²) < 4.78 is 6.45. The Morgan fingerprint density at radius 2 is 1.09 bits per heavy atom. The Kier molecular flexibility index (Phi) is 16.7. The van der Waals surface area contributed by atoms with Gasteiger partial charge in [0.2, 0.25) is 0 Å². The van der Waals surface area contributed by atoms with E-state index >= 15 is 0 Å². The lowest BCUT2D eigenvalue weighted by Gasteiger charge is -2.71. The molecular formula is C54H96O2. The fraction of sp³-hybridized carbons (Fsp3) is 0.944. The molecule has 0 radical (unpaired) electrons. The molecule has 0 aromatic carbocycles. The first kappa shape index (κ1) is 46.3. The molecule has 0 aliphatic heterocycles. The van der Waals surface area contributed by atoms with Crippen molar-refractivity contribution < 1.29 is 9.53 Å². The first-order valence-electron chi connectivity index (χ1n) is 25.5. The van der Waals surface area contributed by atoms with E-state index in [0.29, 0.717) is 39.4 Å². The van der Waals surface area contributed by atoms with Crippen LogP contribution in [0.15, 0.2) is 11.6 Å². The van der Waals surface area contributed by atoms with Crippen molar-refractivity contribution in [2.75, 3.05) is 0 Å². The van der Waals surface area contributed by atoms with E-state index in [1.54, 1.807) is 0 Å². The minimum Gasteiger partial charge on any atom is -0.462 e. The molecule has 2 heteroatoms. The van der Waals surface area contributed by atoms with E-state index in [1.165, 1.54) is 186 Å². The number of hydrogen-bond donors (Lipinski definition) is 0. The summed E-state index contributed by atoms with van der Waals surface area (Å²) >= 11 is 0. The third-order valence-electron chi connectivity index (χ3n) is 18.8. The number of hydrogen-bond acceptors (Lipinski definition) is 2. The maximum Gasteiger partial charge on any atom is 0.306 e. The van der Waals surface area contributed by atoms with Crippen LogP contribution in [0.1, 0.15) is 268 Å². The second kappa shape index (κ2) is 20.2. The Balaban J connectivity index is 0.954. The standard InChI is InChI=1S/C54H96O2/c1-10-11-12-13-14-15-16-17-18-19-20-21-22-23-24-25-26-27-28-29-30-31-48(55)56-47-35-36-52(7)45(50(47,4)5)34-37-54(9)46(52)33-32-43-44-42-49(2,3)38-39-51(44,6)40-41-53(43,54)8/h32,44-47H,10-31,33-42H2,1-9H3. The number of unbranched alkanes of at least 4 members (excludes halogenated alkanes) is 20. The van der Waals surface area contributed by atoms with Gasteiger partial charge in [-0.2, -0.15) is 0 Å². The van der Waals surface area contributed by atoms with Gasteiger partial charge in [0.25, 0.3) is 0 Å². The molecule has 5 aliphatic carbocycles. The molecule has 0 spiro atoms. The summed E-state index contributed by atoms with van der Waals surface area (Å²) in [6.45, 7) is 23.1. The van der Waals surface area contributed by atoms with Gasteiger partial charge in [-0.3, -0.25) is 4.79 Å². The average molecular weight is 777 g/mol. The average Bonchev–Trinajstić information content (AvgIpc) is 3.14. The minimum absolute atomic E-state index is 0.0281. The maximum atomic E-state index is 13.3. The van der Waals surface area contributed by atoms with Crippen LogP contribution in [0.25, 0.3) is 0 Å². The summed E-state index contributed by atoms with van der Waals surface area (Å²) in [6, 6.07) is 0. The third-order valence-corrected chi connectivity index (χ3v) is 18.8. The normalized spacial score (nSPS) is 35.8. The predicted octanol–water partition coefficient (Wildman–Crippen LogP) is 17.3. The van der Waals surface area contributed by atoms with Gasteiger partial charge in [-0.25, -0.2) is 0 Å². The Morgan fingerprint density at radius 3 is 1.62 bits per heavy atom. The van der Waals surface area contributed by atoms with Crippen LogP contribution in [0.2, 0.25) is 0 Å². The molecule has 4 saturated carbocycles. The van der Waals surface area contributed by atoms with Crippen molar-refractivity contribution >= 4 is 5.97 Å². The molecule has 324 valence electrons. The van der Waals surface area contributed by atoms with Crippen LogP contribution >= 0.6 is 0 Å². The number of carbonyl (C=O) groups is 1. The molecule has 56 heavy (non-hydrogen) atoms. The molecule has 0 N–H and O–H groups in total. The summed E-state index contributed by atoms with van der Waals surface area (Å²) in [6.07, 6.45) is 45.8. The summed E-state index contributed by atoms with van der Waals surface area (Å²) in [5.74, 6) is 2.18. The number of allylic oxidation sites excluding steroid dienone is 2. The van der Waals surface area contributed by atoms with Crippen LogP contribution in [0.3, 0.4) is 0 Å². The summed E-state index contributed by atoms with van der Waals surface area (Å²) in [5, 5.41) is 0. The Morgan fingerprint density at radius 1 is 0.589 bits per heavy atom. The van der Waals surface area contributed by atoms with Crippen LogP contribution < -0.4 is 0 Å². The van der Waals surface area contributed by atoms with Crippen molar-refractivity contribution in [3.63, 3.8) is 0 Å². The van der Waals surface area contributed by atoms with Crippen molar-refractivity contribution in [1.82, 2.24) is 0 Å². The maximum absolute atomic E-state index is 13.3. The van der Waals surface area contributed by atoms with E-state index < -0.39 is 0 Å². The fourth-order valence-electron chi connectivity index (χ4n) is 14.6.